The van der Waals surface area contributed by atoms with E-state index in [9.17, 15) is 0 Å². The van der Waals surface area contributed by atoms with Gasteiger partial charge in [0.15, 0.2) is 0 Å². The van der Waals surface area contributed by atoms with Crippen molar-refractivity contribution in [2.24, 2.45) is 9.98 Å². The first-order chi connectivity index (χ1) is 5.86. The molecule has 12 heavy (non-hydrogen) atoms. The number of ether oxygens (including phenoxy) is 2. The van der Waals surface area contributed by atoms with E-state index in [1.54, 1.807) is 14.2 Å². The SMILES string of the molecule is CC.COC1=NCC(OC)=NC1. The Morgan fingerprint density at radius 1 is 0.917 bits per heavy atom. The summed E-state index contributed by atoms with van der Waals surface area (Å²) in [7, 11) is 3.18. The van der Waals surface area contributed by atoms with E-state index in [1.165, 1.54) is 0 Å². The van der Waals surface area contributed by atoms with Crippen molar-refractivity contribution in [3.05, 3.63) is 0 Å². The van der Waals surface area contributed by atoms with Gasteiger partial charge in [0.2, 0.25) is 11.8 Å². The molecule has 1 heterocycles. The van der Waals surface area contributed by atoms with Crippen LogP contribution in [-0.4, -0.2) is 39.1 Å². The van der Waals surface area contributed by atoms with Crippen LogP contribution in [0.1, 0.15) is 13.8 Å². The van der Waals surface area contributed by atoms with Crippen LogP contribution in [-0.2, 0) is 9.47 Å². The standard InChI is InChI=1S/C6H10N2O2.C2H6/c1-9-5-3-8-6(10-2)4-7-5;1-2/h3-4H2,1-2H3;1-2H3. The van der Waals surface area contributed by atoms with Crippen LogP contribution in [0.2, 0.25) is 0 Å². The second kappa shape index (κ2) is 6.64. The minimum absolute atomic E-state index is 0.500. The van der Waals surface area contributed by atoms with Gasteiger partial charge in [-0.25, -0.2) is 9.98 Å². The van der Waals surface area contributed by atoms with Crippen molar-refractivity contribution in [3.8, 4) is 0 Å². The third kappa shape index (κ3) is 3.37. The fraction of sp³-hybridized carbons (Fsp3) is 0.750. The Kier molecular flexibility index (Phi) is 6.05. The van der Waals surface area contributed by atoms with E-state index in [4.69, 9.17) is 9.47 Å². The van der Waals surface area contributed by atoms with Crippen molar-refractivity contribution in [1.29, 1.82) is 0 Å². The normalized spacial score (nSPS) is 15.0. The summed E-state index contributed by atoms with van der Waals surface area (Å²) in [5.74, 6) is 1.33. The molecule has 4 heteroatoms. The molecule has 0 saturated carbocycles. The Balaban J connectivity index is 0.000000561. The smallest absolute Gasteiger partial charge is 0.205 e. The maximum Gasteiger partial charge on any atom is 0.205 e. The van der Waals surface area contributed by atoms with E-state index >= 15 is 0 Å². The molecule has 0 atom stereocenters. The molecule has 0 fully saturated rings. The Labute approximate surface area is 73.3 Å². The summed E-state index contributed by atoms with van der Waals surface area (Å²) < 4.78 is 9.74. The maximum atomic E-state index is 4.87. The lowest BCUT2D eigenvalue weighted by Gasteiger charge is -2.09. The first-order valence-corrected chi connectivity index (χ1v) is 4.01. The summed E-state index contributed by atoms with van der Waals surface area (Å²) in [6.45, 7) is 5.00. The topological polar surface area (TPSA) is 43.2 Å². The number of aliphatic imine (C=N–C) groups is 2. The van der Waals surface area contributed by atoms with Crippen molar-refractivity contribution in [2.45, 2.75) is 13.8 Å². The van der Waals surface area contributed by atoms with Gasteiger partial charge in [-0.1, -0.05) is 13.8 Å². The van der Waals surface area contributed by atoms with E-state index < -0.39 is 0 Å². The molecule has 1 aliphatic heterocycles. The van der Waals surface area contributed by atoms with Gasteiger partial charge in [-0.15, -0.1) is 0 Å². The van der Waals surface area contributed by atoms with Gasteiger partial charge in [0.1, 0.15) is 13.1 Å². The lowest BCUT2D eigenvalue weighted by atomic mass is 10.5. The molecule has 0 aromatic rings. The Hall–Kier alpha value is -1.06. The first kappa shape index (κ1) is 10.9. The zero-order valence-electron chi connectivity index (χ0n) is 8.13. The number of nitrogens with zero attached hydrogens (tertiary/aromatic N) is 2. The highest BCUT2D eigenvalue weighted by atomic mass is 16.5. The van der Waals surface area contributed by atoms with Gasteiger partial charge >= 0.3 is 0 Å². The van der Waals surface area contributed by atoms with Crippen molar-refractivity contribution in [3.63, 3.8) is 0 Å². The number of hydrogen-bond acceptors (Lipinski definition) is 4. The molecular weight excluding hydrogens is 156 g/mol. The second-order valence-corrected chi connectivity index (χ2v) is 1.83. The van der Waals surface area contributed by atoms with E-state index in [2.05, 4.69) is 9.98 Å². The van der Waals surface area contributed by atoms with E-state index in [0.717, 1.165) is 0 Å². The number of rotatable bonds is 0. The third-order valence-electron chi connectivity index (χ3n) is 1.25. The molecule has 0 aliphatic carbocycles. The molecule has 0 unspecified atom stereocenters. The van der Waals surface area contributed by atoms with Crippen molar-refractivity contribution >= 4 is 11.8 Å². The highest BCUT2D eigenvalue weighted by Crippen LogP contribution is 1.93. The summed E-state index contributed by atoms with van der Waals surface area (Å²) in [5.41, 5.74) is 0. The average molecular weight is 172 g/mol. The second-order valence-electron chi connectivity index (χ2n) is 1.83. The molecule has 0 amide bonds. The Morgan fingerprint density at radius 3 is 1.42 bits per heavy atom. The summed E-state index contributed by atoms with van der Waals surface area (Å²) in [6, 6.07) is 0. The molecule has 4 nitrogen and oxygen atoms in total. The van der Waals surface area contributed by atoms with Gasteiger partial charge in [-0.2, -0.15) is 0 Å². The Morgan fingerprint density at radius 2 is 1.25 bits per heavy atom. The highest BCUT2D eigenvalue weighted by molar-refractivity contribution is 5.89. The number of methoxy groups -OCH3 is 2. The lowest BCUT2D eigenvalue weighted by molar-refractivity contribution is 0.374. The third-order valence-corrected chi connectivity index (χ3v) is 1.25. The molecule has 0 N–H and O–H groups in total. The number of hydrogen-bond donors (Lipinski definition) is 0. The van der Waals surface area contributed by atoms with Crippen LogP contribution in [0.4, 0.5) is 0 Å². The van der Waals surface area contributed by atoms with Crippen LogP contribution in [0.5, 0.6) is 0 Å². The van der Waals surface area contributed by atoms with Crippen LogP contribution in [0.25, 0.3) is 0 Å². The van der Waals surface area contributed by atoms with Crippen LogP contribution in [0.15, 0.2) is 9.98 Å². The van der Waals surface area contributed by atoms with Gasteiger partial charge in [0.05, 0.1) is 14.2 Å². The monoisotopic (exact) mass is 172 g/mol. The van der Waals surface area contributed by atoms with Gasteiger partial charge in [0, 0.05) is 0 Å². The van der Waals surface area contributed by atoms with Crippen LogP contribution < -0.4 is 0 Å². The molecule has 0 aromatic heterocycles. The van der Waals surface area contributed by atoms with Crippen molar-refractivity contribution in [2.75, 3.05) is 27.3 Å². The minimum Gasteiger partial charge on any atom is -0.483 e. The zero-order valence-corrected chi connectivity index (χ0v) is 8.13. The van der Waals surface area contributed by atoms with E-state index in [0.29, 0.717) is 24.9 Å². The molecule has 0 aromatic carbocycles. The van der Waals surface area contributed by atoms with Crippen molar-refractivity contribution < 1.29 is 9.47 Å². The van der Waals surface area contributed by atoms with Crippen molar-refractivity contribution in [1.82, 2.24) is 0 Å². The van der Waals surface area contributed by atoms with E-state index in [1.807, 2.05) is 13.8 Å². The predicted octanol–water partition coefficient (Wildman–Crippen LogP) is 1.12. The van der Waals surface area contributed by atoms with Gasteiger partial charge in [0.25, 0.3) is 0 Å². The summed E-state index contributed by atoms with van der Waals surface area (Å²) in [6.07, 6.45) is 0. The van der Waals surface area contributed by atoms with Crippen LogP contribution >= 0.6 is 0 Å². The molecule has 0 spiro atoms. The Bertz CT molecular complexity index is 156. The van der Waals surface area contributed by atoms with Gasteiger partial charge in [-0.3, -0.25) is 0 Å². The lowest BCUT2D eigenvalue weighted by Crippen LogP contribution is -2.19. The largest absolute Gasteiger partial charge is 0.483 e. The van der Waals surface area contributed by atoms with Crippen LogP contribution in [0, 0.1) is 0 Å². The maximum absolute atomic E-state index is 4.87. The molecule has 1 rings (SSSR count). The zero-order chi connectivity index (χ0) is 9.40. The first-order valence-electron chi connectivity index (χ1n) is 4.01. The summed E-state index contributed by atoms with van der Waals surface area (Å²) in [5, 5.41) is 0. The highest BCUT2D eigenvalue weighted by Gasteiger charge is 2.06. The fourth-order valence-corrected chi connectivity index (χ4v) is 0.670. The molecule has 0 radical (unpaired) electrons. The van der Waals surface area contributed by atoms with Crippen LogP contribution in [0.3, 0.4) is 0 Å². The minimum atomic E-state index is 0.500. The fourth-order valence-electron chi connectivity index (χ4n) is 0.670. The summed E-state index contributed by atoms with van der Waals surface area (Å²) in [4.78, 5) is 8.08. The molecule has 1 aliphatic rings. The quantitative estimate of drug-likeness (QED) is 0.549. The molecule has 0 bridgehead atoms. The molecular formula is C8H16N2O2. The van der Waals surface area contributed by atoms with Gasteiger partial charge in [-0.05, 0) is 0 Å². The summed E-state index contributed by atoms with van der Waals surface area (Å²) >= 11 is 0. The average Bonchev–Trinajstić information content (AvgIpc) is 2.21. The van der Waals surface area contributed by atoms with Gasteiger partial charge < -0.3 is 9.47 Å². The molecule has 0 saturated heterocycles. The predicted molar refractivity (Wildman–Crippen MR) is 50.0 cm³/mol. The molecule has 70 valence electrons. The van der Waals surface area contributed by atoms with E-state index in [-0.39, 0.29) is 0 Å².